The topological polar surface area (TPSA) is 214 Å². The minimum atomic E-state index is -4.64. The van der Waals surface area contributed by atoms with Crippen LogP contribution in [0.3, 0.4) is 0 Å². The number of esters is 1. The quantitative estimate of drug-likeness (QED) is 0.0601. The first kappa shape index (κ1) is 39.9. The summed E-state index contributed by atoms with van der Waals surface area (Å²) in [5.74, 6) is -3.52. The molecule has 16 nitrogen and oxygen atoms in total. The van der Waals surface area contributed by atoms with Gasteiger partial charge in [-0.15, -0.1) is 0 Å². The van der Waals surface area contributed by atoms with Gasteiger partial charge in [-0.1, -0.05) is 35.9 Å². The van der Waals surface area contributed by atoms with Crippen LogP contribution in [0.4, 0.5) is 36.4 Å². The van der Waals surface area contributed by atoms with Gasteiger partial charge in [0.15, 0.2) is 6.61 Å². The molecule has 296 valence electrons. The molecule has 20 heteroatoms. The first-order chi connectivity index (χ1) is 27.3. The van der Waals surface area contributed by atoms with E-state index in [1.807, 2.05) is 12.1 Å². The number of H-pyrrole nitrogens is 1. The van der Waals surface area contributed by atoms with Crippen molar-refractivity contribution >= 4 is 58.6 Å². The molecule has 3 amide bonds. The van der Waals surface area contributed by atoms with Crippen molar-refractivity contribution in [1.82, 2.24) is 35.8 Å². The Morgan fingerprint density at radius 1 is 0.877 bits per heavy atom. The van der Waals surface area contributed by atoms with E-state index in [1.165, 1.54) is 24.3 Å². The maximum Gasteiger partial charge on any atom is 0.422 e. The maximum atomic E-state index is 13.1. The van der Waals surface area contributed by atoms with Crippen LogP contribution in [-0.4, -0.2) is 81.3 Å². The van der Waals surface area contributed by atoms with Crippen molar-refractivity contribution in [2.45, 2.75) is 37.0 Å². The molecule has 2 heterocycles. The molecule has 0 spiro atoms. The van der Waals surface area contributed by atoms with Gasteiger partial charge in [0.25, 0.3) is 5.91 Å². The number of hydrogen-bond acceptors (Lipinski definition) is 12. The highest BCUT2D eigenvalue weighted by Gasteiger charge is 2.45. The van der Waals surface area contributed by atoms with Crippen molar-refractivity contribution in [2.75, 3.05) is 36.2 Å². The lowest BCUT2D eigenvalue weighted by Gasteiger charge is -2.19. The zero-order valence-electron chi connectivity index (χ0n) is 29.9. The number of anilines is 4. The summed E-state index contributed by atoms with van der Waals surface area (Å²) < 4.78 is 48.6. The predicted octanol–water partition coefficient (Wildman–Crippen LogP) is 5.12. The highest BCUT2D eigenvalue weighted by atomic mass is 35.5. The summed E-state index contributed by atoms with van der Waals surface area (Å²) in [5, 5.41) is 20.8. The number of aromatic nitrogens is 5. The Kier molecular flexibility index (Phi) is 12.2. The number of methoxy groups -OCH3 is 1. The zero-order chi connectivity index (χ0) is 40.6. The van der Waals surface area contributed by atoms with E-state index >= 15 is 0 Å². The van der Waals surface area contributed by atoms with Crippen LogP contribution < -0.4 is 31.3 Å². The number of ether oxygens (including phenoxy) is 2. The number of carbonyl (C=O) groups excluding carboxylic acids is 4. The second-order valence-corrected chi connectivity index (χ2v) is 13.1. The molecule has 0 radical (unpaired) electrons. The molecule has 0 unspecified atom stereocenters. The summed E-state index contributed by atoms with van der Waals surface area (Å²) in [6.07, 6.45) is -1.66. The molecule has 0 bridgehead atoms. The normalized spacial score (nSPS) is 13.4. The van der Waals surface area contributed by atoms with Crippen LogP contribution in [-0.2, 0) is 24.7 Å². The van der Waals surface area contributed by atoms with Gasteiger partial charge < -0.3 is 36.1 Å². The van der Waals surface area contributed by atoms with Crippen molar-refractivity contribution < 1.29 is 41.8 Å². The van der Waals surface area contributed by atoms with E-state index in [0.717, 1.165) is 18.2 Å². The molecular weight excluding hydrogens is 773 g/mol. The summed E-state index contributed by atoms with van der Waals surface area (Å²) in [4.78, 5) is 62.9. The number of hydrogen-bond donors (Lipinski definition) is 6. The fourth-order valence-electron chi connectivity index (χ4n) is 5.48. The molecular formula is C37H34ClF3N10O6. The van der Waals surface area contributed by atoms with Gasteiger partial charge in [-0.05, 0) is 79.4 Å². The summed E-state index contributed by atoms with van der Waals surface area (Å²) in [5.41, 5.74) is 2.70. The number of carbonyl (C=O) groups is 4. The average Bonchev–Trinajstić information content (AvgIpc) is 3.75. The third-order valence-corrected chi connectivity index (χ3v) is 8.79. The Labute approximate surface area is 327 Å². The van der Waals surface area contributed by atoms with Gasteiger partial charge in [0.1, 0.15) is 6.04 Å². The Balaban J connectivity index is 1.04. The first-order valence-corrected chi connectivity index (χ1v) is 17.6. The Hall–Kier alpha value is -6.76. The highest BCUT2D eigenvalue weighted by molar-refractivity contribution is 6.39. The van der Waals surface area contributed by atoms with Gasteiger partial charge in [-0.25, -0.2) is 4.79 Å². The number of amides is 3. The molecule has 1 aliphatic carbocycles. The van der Waals surface area contributed by atoms with Crippen LogP contribution in [0.15, 0.2) is 85.1 Å². The fraction of sp³-hybridized carbons (Fsp3) is 0.243. The van der Waals surface area contributed by atoms with Gasteiger partial charge >= 0.3 is 30.0 Å². The number of alkyl halides is 3. The van der Waals surface area contributed by atoms with E-state index in [2.05, 4.69) is 51.7 Å². The first-order valence-electron chi connectivity index (χ1n) is 17.2. The highest BCUT2D eigenvalue weighted by Crippen LogP contribution is 2.48. The summed E-state index contributed by atoms with van der Waals surface area (Å²) in [7, 11) is 1.13. The molecule has 2 aromatic heterocycles. The lowest BCUT2D eigenvalue weighted by molar-refractivity contribution is -0.154. The SMILES string of the molecule is COC(=O)[C@H](CCNC(=O)C(=O)Nc1ccc(-c2cc[nH]n2)cc1)NC(=O)c1ccc(Nc2nc(NC3(c4ccc(Cl)cc4)CC3)nc(OCC(F)(F)F)n2)cc1. The number of aromatic amines is 1. The molecule has 6 rings (SSSR count). The van der Waals surface area contributed by atoms with E-state index in [4.69, 9.17) is 21.1 Å². The molecule has 6 N–H and O–H groups in total. The van der Waals surface area contributed by atoms with Crippen molar-refractivity contribution in [3.63, 3.8) is 0 Å². The number of halogens is 4. The largest absolute Gasteiger partial charge is 0.467 e. The van der Waals surface area contributed by atoms with Crippen molar-refractivity contribution in [3.05, 3.63) is 101 Å². The van der Waals surface area contributed by atoms with Gasteiger partial charge in [-0.3, -0.25) is 19.5 Å². The molecule has 1 fully saturated rings. The molecule has 57 heavy (non-hydrogen) atoms. The van der Waals surface area contributed by atoms with Gasteiger partial charge in [0, 0.05) is 40.3 Å². The third kappa shape index (κ3) is 10.9. The van der Waals surface area contributed by atoms with E-state index < -0.39 is 54.1 Å². The molecule has 1 aliphatic rings. The lowest BCUT2D eigenvalue weighted by Crippen LogP contribution is -2.44. The molecule has 0 aliphatic heterocycles. The average molecular weight is 807 g/mol. The smallest absolute Gasteiger partial charge is 0.422 e. The van der Waals surface area contributed by atoms with Gasteiger partial charge in [0.2, 0.25) is 11.9 Å². The summed E-state index contributed by atoms with van der Waals surface area (Å²) in [6.45, 7) is -1.79. The van der Waals surface area contributed by atoms with Crippen molar-refractivity contribution in [1.29, 1.82) is 0 Å². The number of benzene rings is 3. The fourth-order valence-corrected chi connectivity index (χ4v) is 5.61. The standard InChI is InChI=1S/C37H34ClF3N10O6/c1-56-32(55)28(14-18-42-30(53)31(54)44-25-10-2-21(3-11-25)27-15-19-43-51-27)46-29(52)22-4-12-26(13-5-22)45-33-47-34(49-35(48-33)57-20-37(39,40)41)50-36(16-17-36)23-6-8-24(38)9-7-23/h2-13,15,19,28H,14,16-18,20H2,1H3,(H,42,53)(H,43,51)(H,44,54)(H,46,52)(H2,45,47,48,49,50)/t28-/m0/s1. The Morgan fingerprint density at radius 3 is 2.19 bits per heavy atom. The maximum absolute atomic E-state index is 13.1. The van der Waals surface area contributed by atoms with E-state index in [9.17, 15) is 32.3 Å². The number of nitrogens with zero attached hydrogens (tertiary/aromatic N) is 4. The van der Waals surface area contributed by atoms with Crippen molar-refractivity contribution in [3.8, 4) is 17.3 Å². The molecule has 0 saturated heterocycles. The van der Waals surface area contributed by atoms with Crippen LogP contribution in [0.5, 0.6) is 6.01 Å². The zero-order valence-corrected chi connectivity index (χ0v) is 30.7. The lowest BCUT2D eigenvalue weighted by atomic mass is 10.1. The predicted molar refractivity (Wildman–Crippen MR) is 201 cm³/mol. The van der Waals surface area contributed by atoms with Crippen LogP contribution in [0.2, 0.25) is 5.02 Å². The molecule has 1 atom stereocenters. The summed E-state index contributed by atoms with van der Waals surface area (Å²) >= 11 is 6.03. The van der Waals surface area contributed by atoms with Crippen molar-refractivity contribution in [2.24, 2.45) is 0 Å². The van der Waals surface area contributed by atoms with Crippen LogP contribution in [0.1, 0.15) is 35.2 Å². The van der Waals surface area contributed by atoms with Crippen LogP contribution in [0, 0.1) is 0 Å². The minimum absolute atomic E-state index is 0.0322. The molecule has 1 saturated carbocycles. The second-order valence-electron chi connectivity index (χ2n) is 12.7. The minimum Gasteiger partial charge on any atom is -0.467 e. The second kappa shape index (κ2) is 17.4. The Bertz CT molecular complexity index is 2200. The van der Waals surface area contributed by atoms with Crippen LogP contribution >= 0.6 is 11.6 Å². The monoisotopic (exact) mass is 806 g/mol. The van der Waals surface area contributed by atoms with E-state index in [-0.39, 0.29) is 30.4 Å². The van der Waals surface area contributed by atoms with E-state index in [0.29, 0.717) is 34.9 Å². The van der Waals surface area contributed by atoms with Gasteiger partial charge in [-0.2, -0.15) is 33.2 Å². The summed E-state index contributed by atoms with van der Waals surface area (Å²) in [6, 6.07) is 19.6. The number of rotatable bonds is 15. The molecule has 3 aromatic carbocycles. The van der Waals surface area contributed by atoms with Gasteiger partial charge in [0.05, 0.1) is 18.3 Å². The third-order valence-electron chi connectivity index (χ3n) is 8.54. The molecule has 5 aromatic rings. The van der Waals surface area contributed by atoms with Crippen LogP contribution in [0.25, 0.3) is 11.3 Å². The van der Waals surface area contributed by atoms with E-state index in [1.54, 1.807) is 48.7 Å². The number of nitrogens with one attached hydrogen (secondary N) is 6. The Morgan fingerprint density at radius 2 is 1.56 bits per heavy atom.